The highest BCUT2D eigenvalue weighted by molar-refractivity contribution is 5.82. The van der Waals surface area contributed by atoms with Crippen LogP contribution in [-0.2, 0) is 11.0 Å². The summed E-state index contributed by atoms with van der Waals surface area (Å²) in [5.74, 6) is -1.47. The van der Waals surface area contributed by atoms with Crippen LogP contribution in [0.5, 0.6) is 0 Å². The van der Waals surface area contributed by atoms with E-state index in [0.717, 1.165) is 12.1 Å². The number of nitrogens with one attached hydrogen (secondary N) is 1. The summed E-state index contributed by atoms with van der Waals surface area (Å²) in [7, 11) is 0. The molecule has 1 amide bonds. The molecule has 4 rings (SSSR count). The van der Waals surface area contributed by atoms with Crippen LogP contribution in [0.2, 0.25) is 0 Å². The molecule has 1 atom stereocenters. The highest BCUT2D eigenvalue weighted by atomic mass is 19.4. The third-order valence-corrected chi connectivity index (χ3v) is 5.70. The maximum Gasteiger partial charge on any atom is 0.416 e. The zero-order valence-corrected chi connectivity index (χ0v) is 17.6. The highest BCUT2D eigenvalue weighted by Gasteiger charge is 2.33. The highest BCUT2D eigenvalue weighted by Crippen LogP contribution is 2.40. The van der Waals surface area contributed by atoms with Crippen molar-refractivity contribution in [3.05, 3.63) is 53.9 Å². The van der Waals surface area contributed by atoms with Gasteiger partial charge in [-0.15, -0.1) is 0 Å². The third-order valence-electron chi connectivity index (χ3n) is 5.70. The van der Waals surface area contributed by atoms with Gasteiger partial charge in [0.25, 0.3) is 5.91 Å². The van der Waals surface area contributed by atoms with Crippen LogP contribution in [0.3, 0.4) is 0 Å². The molecule has 0 spiro atoms. The number of rotatable bonds is 4. The average Bonchev–Trinajstić information content (AvgIpc) is 3.23. The monoisotopic (exact) mass is 463 g/mol. The lowest BCUT2D eigenvalue weighted by atomic mass is 9.88. The number of nitrogens with zero attached hydrogens (tertiary/aromatic N) is 4. The number of carbonyl (C=O) groups excluding carboxylic acids is 1. The number of aliphatic hydroxyl groups is 1. The molecule has 0 bridgehead atoms. The maximum absolute atomic E-state index is 14.1. The third kappa shape index (κ3) is 4.72. The number of halogens is 4. The van der Waals surface area contributed by atoms with Gasteiger partial charge in [-0.2, -0.15) is 18.3 Å². The van der Waals surface area contributed by atoms with Crippen molar-refractivity contribution >= 4 is 5.91 Å². The molecule has 1 aliphatic rings. The first-order valence-corrected chi connectivity index (χ1v) is 10.3. The fourth-order valence-corrected chi connectivity index (χ4v) is 4.10. The number of benzene rings is 1. The predicted octanol–water partition coefficient (Wildman–Crippen LogP) is 3.78. The van der Waals surface area contributed by atoms with Gasteiger partial charge in [0.1, 0.15) is 23.9 Å². The summed E-state index contributed by atoms with van der Waals surface area (Å²) in [6.07, 6.45) is -1.89. The summed E-state index contributed by atoms with van der Waals surface area (Å²) in [4.78, 5) is 21.8. The zero-order valence-electron chi connectivity index (χ0n) is 17.6. The normalized spacial score (nSPS) is 16.1. The molecule has 174 valence electrons. The summed E-state index contributed by atoms with van der Waals surface area (Å²) in [6, 6.07) is 3.91. The minimum Gasteiger partial charge on any atom is -0.384 e. The van der Waals surface area contributed by atoms with E-state index in [1.807, 2.05) is 0 Å². The number of hydrogen-bond acceptors (Lipinski definition) is 5. The lowest BCUT2D eigenvalue weighted by molar-refractivity contribution is -0.140. The van der Waals surface area contributed by atoms with E-state index >= 15 is 0 Å². The van der Waals surface area contributed by atoms with Crippen molar-refractivity contribution < 1.29 is 27.5 Å². The summed E-state index contributed by atoms with van der Waals surface area (Å²) < 4.78 is 53.9. The van der Waals surface area contributed by atoms with Crippen molar-refractivity contribution in [2.45, 2.75) is 38.0 Å². The Balaban J connectivity index is 1.75. The quantitative estimate of drug-likeness (QED) is 0.575. The number of carbonyl (C=O) groups is 1. The van der Waals surface area contributed by atoms with Crippen molar-refractivity contribution in [1.82, 2.24) is 25.1 Å². The lowest BCUT2D eigenvalue weighted by Gasteiger charge is -2.32. The molecule has 1 saturated heterocycles. The number of alkyl halides is 3. The van der Waals surface area contributed by atoms with Crippen LogP contribution >= 0.6 is 0 Å². The largest absolute Gasteiger partial charge is 0.416 e. The van der Waals surface area contributed by atoms with E-state index in [1.165, 1.54) is 19.4 Å². The van der Waals surface area contributed by atoms with Gasteiger partial charge in [-0.1, -0.05) is 0 Å². The van der Waals surface area contributed by atoms with E-state index in [0.29, 0.717) is 48.9 Å². The van der Waals surface area contributed by atoms with Gasteiger partial charge in [0.05, 0.1) is 11.3 Å². The summed E-state index contributed by atoms with van der Waals surface area (Å²) in [6.45, 7) is 2.23. The van der Waals surface area contributed by atoms with Crippen LogP contribution in [0, 0.1) is 5.82 Å². The molecular weight excluding hydrogens is 442 g/mol. The molecule has 0 aliphatic carbocycles. The molecule has 1 unspecified atom stereocenters. The molecule has 1 fully saturated rings. The average molecular weight is 463 g/mol. The molecule has 11 heteroatoms. The topological polar surface area (TPSA) is 95.0 Å². The van der Waals surface area contributed by atoms with Gasteiger partial charge in [0.15, 0.2) is 0 Å². The first kappa shape index (κ1) is 22.8. The van der Waals surface area contributed by atoms with Crippen molar-refractivity contribution in [3.63, 3.8) is 0 Å². The van der Waals surface area contributed by atoms with E-state index in [2.05, 4.69) is 20.2 Å². The number of aliphatic hydroxyl groups excluding tert-OH is 1. The minimum absolute atomic E-state index is 0.0276. The second-order valence-corrected chi connectivity index (χ2v) is 7.96. The number of hydrogen-bond donors (Lipinski definition) is 2. The second-order valence-electron chi connectivity index (χ2n) is 7.96. The number of aromatic nitrogens is 4. The SMILES string of the molecule is CC(O)C(=O)N1CCC(c2[nH]nc(-c3cc(F)cc(C(F)(F)F)c3)c2-c2ccncn2)CC1. The lowest BCUT2D eigenvalue weighted by Crippen LogP contribution is -2.42. The smallest absolute Gasteiger partial charge is 0.384 e. The Morgan fingerprint density at radius 3 is 2.58 bits per heavy atom. The first-order valence-electron chi connectivity index (χ1n) is 10.3. The van der Waals surface area contributed by atoms with Crippen molar-refractivity contribution in [3.8, 4) is 22.5 Å². The van der Waals surface area contributed by atoms with Gasteiger partial charge in [-0.25, -0.2) is 14.4 Å². The Kier molecular flexibility index (Phi) is 6.15. The van der Waals surface area contributed by atoms with Gasteiger partial charge in [0, 0.05) is 42.0 Å². The predicted molar refractivity (Wildman–Crippen MR) is 110 cm³/mol. The number of H-pyrrole nitrogens is 1. The first-order chi connectivity index (χ1) is 15.6. The van der Waals surface area contributed by atoms with E-state index in [4.69, 9.17) is 0 Å². The van der Waals surface area contributed by atoms with Gasteiger partial charge in [0.2, 0.25) is 0 Å². The van der Waals surface area contributed by atoms with Gasteiger partial charge < -0.3 is 10.0 Å². The molecule has 1 aromatic carbocycles. The second kappa shape index (κ2) is 8.89. The summed E-state index contributed by atoms with van der Waals surface area (Å²) in [5.41, 5.74) is 0.558. The van der Waals surface area contributed by atoms with E-state index in [9.17, 15) is 27.5 Å². The van der Waals surface area contributed by atoms with E-state index < -0.39 is 23.7 Å². The minimum atomic E-state index is -4.71. The summed E-state index contributed by atoms with van der Waals surface area (Å²) >= 11 is 0. The van der Waals surface area contributed by atoms with Crippen LogP contribution in [0.15, 0.2) is 36.8 Å². The van der Waals surface area contributed by atoms with Crippen LogP contribution in [-0.4, -0.2) is 55.3 Å². The van der Waals surface area contributed by atoms with Crippen molar-refractivity contribution in [2.75, 3.05) is 13.1 Å². The number of piperidine rings is 1. The molecule has 0 saturated carbocycles. The summed E-state index contributed by atoms with van der Waals surface area (Å²) in [5, 5.41) is 16.7. The zero-order chi connectivity index (χ0) is 23.8. The Morgan fingerprint density at radius 1 is 1.24 bits per heavy atom. The van der Waals surface area contributed by atoms with Crippen LogP contribution in [0.4, 0.5) is 17.6 Å². The fraction of sp³-hybridized carbons (Fsp3) is 0.364. The van der Waals surface area contributed by atoms with Crippen LogP contribution in [0.25, 0.3) is 22.5 Å². The molecule has 2 N–H and O–H groups in total. The molecule has 2 aromatic heterocycles. The molecule has 3 aromatic rings. The van der Waals surface area contributed by atoms with Crippen LogP contribution < -0.4 is 0 Å². The van der Waals surface area contributed by atoms with E-state index in [1.54, 1.807) is 11.0 Å². The number of likely N-dealkylation sites (tertiary alicyclic amines) is 1. The van der Waals surface area contributed by atoms with Crippen molar-refractivity contribution in [2.24, 2.45) is 0 Å². The number of aromatic amines is 1. The van der Waals surface area contributed by atoms with Gasteiger partial charge in [-0.05, 0) is 44.0 Å². The Bertz CT molecular complexity index is 1140. The van der Waals surface area contributed by atoms with Gasteiger partial charge >= 0.3 is 6.18 Å². The fourth-order valence-electron chi connectivity index (χ4n) is 4.10. The van der Waals surface area contributed by atoms with Gasteiger partial charge in [-0.3, -0.25) is 9.89 Å². The Hall–Kier alpha value is -3.34. The van der Waals surface area contributed by atoms with E-state index in [-0.39, 0.29) is 23.1 Å². The molecule has 33 heavy (non-hydrogen) atoms. The Morgan fingerprint density at radius 2 is 1.97 bits per heavy atom. The van der Waals surface area contributed by atoms with Crippen LogP contribution in [0.1, 0.15) is 36.9 Å². The molecular formula is C22H21F4N5O2. The molecule has 3 heterocycles. The number of amides is 1. The maximum atomic E-state index is 14.1. The molecule has 0 radical (unpaired) electrons. The Labute approximate surface area is 186 Å². The molecule has 1 aliphatic heterocycles. The molecule has 7 nitrogen and oxygen atoms in total. The standard InChI is InChI=1S/C22H21F4N5O2/c1-12(32)21(33)31-6-3-13(4-7-31)19-18(17-2-5-27-11-28-17)20(30-29-19)14-8-15(22(24,25)26)10-16(23)9-14/h2,5,8-13,32H,3-4,6-7H2,1H3,(H,29,30). The van der Waals surface area contributed by atoms with Crippen molar-refractivity contribution in [1.29, 1.82) is 0 Å².